The van der Waals surface area contributed by atoms with Crippen LogP contribution in [0.1, 0.15) is 42.6 Å². The third-order valence-electron chi connectivity index (χ3n) is 4.25. The second-order valence-electron chi connectivity index (χ2n) is 6.14. The molecule has 0 unspecified atom stereocenters. The molecule has 0 aromatic carbocycles. The molecule has 1 aliphatic heterocycles. The van der Waals surface area contributed by atoms with Crippen molar-refractivity contribution in [2.24, 2.45) is 7.05 Å². The lowest BCUT2D eigenvalue weighted by atomic mass is 10.0. The highest BCUT2D eigenvalue weighted by Crippen LogP contribution is 2.33. The summed E-state index contributed by atoms with van der Waals surface area (Å²) in [5.74, 6) is -0.0312. The van der Waals surface area contributed by atoms with Gasteiger partial charge in [0, 0.05) is 44.5 Å². The van der Waals surface area contributed by atoms with Crippen LogP contribution in [0.15, 0.2) is 30.7 Å². The molecule has 23 heavy (non-hydrogen) atoms. The highest BCUT2D eigenvalue weighted by Gasteiger charge is 2.26. The van der Waals surface area contributed by atoms with Gasteiger partial charge >= 0.3 is 0 Å². The minimum atomic E-state index is -0.0312. The number of likely N-dealkylation sites (tertiary alicyclic amines) is 1. The summed E-state index contributed by atoms with van der Waals surface area (Å²) < 4.78 is 1.85. The van der Waals surface area contributed by atoms with Crippen molar-refractivity contribution in [1.82, 2.24) is 25.0 Å². The first-order chi connectivity index (χ1) is 11.1. The van der Waals surface area contributed by atoms with Crippen molar-refractivity contribution >= 4 is 5.91 Å². The van der Waals surface area contributed by atoms with Gasteiger partial charge in [-0.2, -0.15) is 5.10 Å². The molecule has 122 valence electrons. The molecule has 1 fully saturated rings. The van der Waals surface area contributed by atoms with Crippen molar-refractivity contribution in [3.8, 4) is 0 Å². The van der Waals surface area contributed by atoms with Crippen LogP contribution in [-0.4, -0.2) is 32.1 Å². The van der Waals surface area contributed by atoms with Crippen LogP contribution in [0.2, 0.25) is 0 Å². The Hall–Kier alpha value is -2.21. The molecule has 1 N–H and O–H groups in total. The lowest BCUT2D eigenvalue weighted by Gasteiger charge is -2.24. The number of pyridine rings is 1. The second-order valence-corrected chi connectivity index (χ2v) is 6.14. The van der Waals surface area contributed by atoms with Gasteiger partial charge in [0.05, 0.1) is 18.4 Å². The van der Waals surface area contributed by atoms with Gasteiger partial charge in [-0.1, -0.05) is 0 Å². The van der Waals surface area contributed by atoms with Gasteiger partial charge in [0.1, 0.15) is 0 Å². The number of rotatable bonds is 5. The molecule has 1 saturated heterocycles. The summed E-state index contributed by atoms with van der Waals surface area (Å²) in [5.41, 5.74) is 3.43. The van der Waals surface area contributed by atoms with E-state index in [-0.39, 0.29) is 5.91 Å². The van der Waals surface area contributed by atoms with Crippen LogP contribution in [0.4, 0.5) is 0 Å². The molecule has 0 bridgehead atoms. The number of amides is 1. The van der Waals surface area contributed by atoms with Gasteiger partial charge < -0.3 is 5.32 Å². The molecule has 0 saturated carbocycles. The Kier molecular flexibility index (Phi) is 4.71. The molecule has 1 amide bonds. The van der Waals surface area contributed by atoms with Crippen molar-refractivity contribution < 1.29 is 4.79 Å². The smallest absolute Gasteiger partial charge is 0.217 e. The highest BCUT2D eigenvalue weighted by atomic mass is 16.1. The summed E-state index contributed by atoms with van der Waals surface area (Å²) in [6.07, 6.45) is 8.21. The van der Waals surface area contributed by atoms with Crippen molar-refractivity contribution in [1.29, 1.82) is 0 Å². The second kappa shape index (κ2) is 6.91. The van der Waals surface area contributed by atoms with Gasteiger partial charge in [-0.15, -0.1) is 0 Å². The summed E-state index contributed by atoms with van der Waals surface area (Å²) in [6.45, 7) is 4.03. The number of carbonyl (C=O) groups excluding carboxylic acids is 1. The minimum absolute atomic E-state index is 0.0312. The largest absolute Gasteiger partial charge is 0.351 e. The van der Waals surface area contributed by atoms with E-state index in [2.05, 4.69) is 38.6 Å². The first kappa shape index (κ1) is 15.7. The first-order valence-corrected chi connectivity index (χ1v) is 8.02. The van der Waals surface area contributed by atoms with Crippen molar-refractivity contribution in [3.63, 3.8) is 0 Å². The normalized spacial score (nSPS) is 18.3. The van der Waals surface area contributed by atoms with E-state index >= 15 is 0 Å². The fourth-order valence-corrected chi connectivity index (χ4v) is 3.20. The number of carbonyl (C=O) groups is 1. The number of nitrogens with zero attached hydrogens (tertiary/aromatic N) is 4. The fraction of sp³-hybridized carbons (Fsp3) is 0.471. The van der Waals surface area contributed by atoms with Crippen LogP contribution in [-0.2, 0) is 24.9 Å². The Morgan fingerprint density at radius 3 is 3.09 bits per heavy atom. The van der Waals surface area contributed by atoms with E-state index in [0.717, 1.165) is 25.2 Å². The molecular weight excluding hydrogens is 290 g/mol. The zero-order chi connectivity index (χ0) is 16.2. The van der Waals surface area contributed by atoms with Crippen LogP contribution in [0, 0.1) is 0 Å². The quantitative estimate of drug-likeness (QED) is 0.914. The number of hydrogen-bond donors (Lipinski definition) is 1. The number of aryl methyl sites for hydroxylation is 1. The molecule has 3 heterocycles. The van der Waals surface area contributed by atoms with E-state index in [1.807, 2.05) is 24.1 Å². The number of nitrogens with one attached hydrogen (secondary N) is 1. The van der Waals surface area contributed by atoms with Gasteiger partial charge in [0.25, 0.3) is 0 Å². The lowest BCUT2D eigenvalue weighted by molar-refractivity contribution is -0.119. The highest BCUT2D eigenvalue weighted by molar-refractivity contribution is 5.72. The lowest BCUT2D eigenvalue weighted by Crippen LogP contribution is -2.23. The summed E-state index contributed by atoms with van der Waals surface area (Å²) in [7, 11) is 1.95. The van der Waals surface area contributed by atoms with Crippen LogP contribution < -0.4 is 5.32 Å². The maximum atomic E-state index is 11.1. The van der Waals surface area contributed by atoms with E-state index in [9.17, 15) is 4.79 Å². The number of hydrogen-bond acceptors (Lipinski definition) is 4. The summed E-state index contributed by atoms with van der Waals surface area (Å²) in [6, 6.07) is 4.61. The predicted octanol–water partition coefficient (Wildman–Crippen LogP) is 1.79. The van der Waals surface area contributed by atoms with Crippen molar-refractivity contribution in [2.75, 3.05) is 6.54 Å². The molecule has 1 atom stereocenters. The average Bonchev–Trinajstić information content (AvgIpc) is 3.15. The van der Waals surface area contributed by atoms with E-state index in [0.29, 0.717) is 12.6 Å². The molecule has 0 radical (unpaired) electrons. The SMILES string of the molecule is CC(=O)NCc1cc([C@H]2CCCN2Cc2cnn(C)c2)ccn1. The Balaban J connectivity index is 1.71. The molecule has 0 aliphatic carbocycles. The van der Waals surface area contributed by atoms with Gasteiger partial charge in [-0.05, 0) is 37.1 Å². The molecule has 2 aromatic heterocycles. The molecule has 1 aliphatic rings. The summed E-state index contributed by atoms with van der Waals surface area (Å²) in [4.78, 5) is 17.9. The van der Waals surface area contributed by atoms with Gasteiger partial charge in [-0.25, -0.2) is 0 Å². The van der Waals surface area contributed by atoms with Crippen molar-refractivity contribution in [3.05, 3.63) is 47.5 Å². The third-order valence-corrected chi connectivity index (χ3v) is 4.25. The Morgan fingerprint density at radius 2 is 2.35 bits per heavy atom. The van der Waals surface area contributed by atoms with E-state index in [4.69, 9.17) is 0 Å². The molecule has 2 aromatic rings. The first-order valence-electron chi connectivity index (χ1n) is 8.02. The molecule has 6 nitrogen and oxygen atoms in total. The Labute approximate surface area is 136 Å². The van der Waals surface area contributed by atoms with E-state index in [1.165, 1.54) is 24.5 Å². The van der Waals surface area contributed by atoms with Crippen molar-refractivity contribution in [2.45, 2.75) is 38.9 Å². The van der Waals surface area contributed by atoms with Crippen LogP contribution in [0.5, 0.6) is 0 Å². The van der Waals surface area contributed by atoms with Gasteiger partial charge in [0.15, 0.2) is 0 Å². The average molecular weight is 313 g/mol. The van der Waals surface area contributed by atoms with E-state index < -0.39 is 0 Å². The predicted molar refractivity (Wildman–Crippen MR) is 87.4 cm³/mol. The maximum absolute atomic E-state index is 11.1. The minimum Gasteiger partial charge on any atom is -0.351 e. The Bertz CT molecular complexity index is 681. The van der Waals surface area contributed by atoms with E-state index in [1.54, 1.807) is 0 Å². The molecule has 0 spiro atoms. The van der Waals surface area contributed by atoms with Crippen LogP contribution >= 0.6 is 0 Å². The maximum Gasteiger partial charge on any atom is 0.217 e. The van der Waals surface area contributed by atoms with Crippen LogP contribution in [0.3, 0.4) is 0 Å². The summed E-state index contributed by atoms with van der Waals surface area (Å²) in [5, 5.41) is 7.06. The zero-order valence-corrected chi connectivity index (χ0v) is 13.7. The zero-order valence-electron chi connectivity index (χ0n) is 13.7. The standard InChI is InChI=1S/C17H23N5O/c1-13(23)19-10-16-8-15(5-6-18-16)17-4-3-7-22(17)12-14-9-20-21(2)11-14/h5-6,8-9,11,17H,3-4,7,10,12H2,1-2H3,(H,19,23)/t17-/m1/s1. The topological polar surface area (TPSA) is 63.1 Å². The Morgan fingerprint density at radius 1 is 1.48 bits per heavy atom. The fourth-order valence-electron chi connectivity index (χ4n) is 3.20. The third kappa shape index (κ3) is 3.96. The monoisotopic (exact) mass is 313 g/mol. The van der Waals surface area contributed by atoms with Gasteiger partial charge in [0.2, 0.25) is 5.91 Å². The number of aromatic nitrogens is 3. The van der Waals surface area contributed by atoms with Crippen LogP contribution in [0.25, 0.3) is 0 Å². The molecule has 3 rings (SSSR count). The van der Waals surface area contributed by atoms with Gasteiger partial charge in [-0.3, -0.25) is 19.4 Å². The molecular formula is C17H23N5O. The summed E-state index contributed by atoms with van der Waals surface area (Å²) >= 11 is 0. The molecule has 6 heteroatoms.